The molecule has 3 rings (SSSR count). The first-order chi connectivity index (χ1) is 6.66. The zero-order valence-electron chi connectivity index (χ0n) is 7.73. The lowest BCUT2D eigenvalue weighted by Gasteiger charge is -2.15. The molecule has 0 unspecified atom stereocenters. The van der Waals surface area contributed by atoms with E-state index < -0.39 is 6.04 Å². The van der Waals surface area contributed by atoms with Gasteiger partial charge in [-0.3, -0.25) is 4.79 Å². The number of hydrogen-bond donors (Lipinski definition) is 1. The van der Waals surface area contributed by atoms with Gasteiger partial charge in [0.25, 0.3) is 0 Å². The van der Waals surface area contributed by atoms with Crippen LogP contribution in [0.5, 0.6) is 0 Å². The first-order valence-corrected chi connectivity index (χ1v) is 4.80. The molecular formula is C9H11NO4. The maximum atomic E-state index is 11.4. The van der Waals surface area contributed by atoms with E-state index >= 15 is 0 Å². The van der Waals surface area contributed by atoms with Gasteiger partial charge in [-0.05, 0) is 6.42 Å². The molecule has 3 fully saturated rings. The Kier molecular flexibility index (Phi) is 1.45. The van der Waals surface area contributed by atoms with Crippen LogP contribution in [0.1, 0.15) is 13.3 Å². The number of carbonyl (C=O) groups excluding carboxylic acids is 2. The minimum absolute atomic E-state index is 0.0997. The standard InChI is InChI=1S/C9H11NO4/c1-3(11)10-6-4-2-5-8(13-5)7(4)14-9(6)12/h4-8H,2H2,1H3,(H,10,11)/t4-,5-,6+,7+,8-/m1/s1. The molecule has 1 amide bonds. The van der Waals surface area contributed by atoms with Crippen LogP contribution in [-0.4, -0.2) is 36.2 Å². The van der Waals surface area contributed by atoms with Crippen molar-refractivity contribution in [2.75, 3.05) is 0 Å². The number of epoxide rings is 1. The van der Waals surface area contributed by atoms with E-state index in [1.165, 1.54) is 6.92 Å². The number of ether oxygens (including phenoxy) is 2. The molecule has 1 aliphatic carbocycles. The smallest absolute Gasteiger partial charge is 0.329 e. The number of nitrogens with one attached hydrogen (secondary N) is 1. The summed E-state index contributed by atoms with van der Waals surface area (Å²) in [6.45, 7) is 1.41. The molecule has 1 N–H and O–H groups in total. The van der Waals surface area contributed by atoms with Crippen LogP contribution in [0.25, 0.3) is 0 Å². The third-order valence-electron chi connectivity index (χ3n) is 3.17. The number of esters is 1. The molecule has 76 valence electrons. The van der Waals surface area contributed by atoms with Crippen molar-refractivity contribution in [1.29, 1.82) is 0 Å². The van der Waals surface area contributed by atoms with Crippen molar-refractivity contribution in [2.24, 2.45) is 5.92 Å². The maximum Gasteiger partial charge on any atom is 0.329 e. The van der Waals surface area contributed by atoms with Crippen molar-refractivity contribution < 1.29 is 19.1 Å². The summed E-state index contributed by atoms with van der Waals surface area (Å²) in [7, 11) is 0. The second kappa shape index (κ2) is 2.48. The quantitative estimate of drug-likeness (QED) is 0.441. The van der Waals surface area contributed by atoms with Crippen molar-refractivity contribution in [3.8, 4) is 0 Å². The summed E-state index contributed by atoms with van der Waals surface area (Å²) in [6.07, 6.45) is 1.06. The molecule has 2 saturated heterocycles. The van der Waals surface area contributed by atoms with E-state index in [1.54, 1.807) is 0 Å². The SMILES string of the molecule is CC(=O)N[C@@H]1C(=O)O[C@H]2[C@@H]1C[C@H]1O[C@@H]21. The van der Waals surface area contributed by atoms with Gasteiger partial charge in [-0.2, -0.15) is 0 Å². The van der Waals surface area contributed by atoms with Crippen LogP contribution in [0.2, 0.25) is 0 Å². The zero-order valence-corrected chi connectivity index (χ0v) is 7.73. The zero-order chi connectivity index (χ0) is 9.87. The van der Waals surface area contributed by atoms with Crippen LogP contribution < -0.4 is 5.32 Å². The van der Waals surface area contributed by atoms with Gasteiger partial charge in [0, 0.05) is 12.8 Å². The number of amides is 1. The van der Waals surface area contributed by atoms with Crippen LogP contribution in [0.3, 0.4) is 0 Å². The van der Waals surface area contributed by atoms with Gasteiger partial charge in [0.05, 0.1) is 6.10 Å². The molecule has 0 spiro atoms. The molecule has 14 heavy (non-hydrogen) atoms. The third kappa shape index (κ3) is 0.987. The molecule has 5 heteroatoms. The molecule has 2 aliphatic heterocycles. The van der Waals surface area contributed by atoms with Crippen LogP contribution in [0.4, 0.5) is 0 Å². The predicted molar refractivity (Wildman–Crippen MR) is 44.3 cm³/mol. The molecule has 0 aromatic carbocycles. The molecule has 2 heterocycles. The molecule has 1 saturated carbocycles. The number of rotatable bonds is 1. The lowest BCUT2D eigenvalue weighted by molar-refractivity contribution is -0.144. The second-order valence-electron chi connectivity index (χ2n) is 4.12. The van der Waals surface area contributed by atoms with E-state index in [0.29, 0.717) is 0 Å². The molecule has 0 bridgehead atoms. The summed E-state index contributed by atoms with van der Waals surface area (Å²) in [6, 6.07) is -0.450. The van der Waals surface area contributed by atoms with Gasteiger partial charge in [0.1, 0.15) is 18.2 Å². The van der Waals surface area contributed by atoms with Crippen molar-refractivity contribution in [1.82, 2.24) is 5.32 Å². The van der Waals surface area contributed by atoms with Gasteiger partial charge >= 0.3 is 5.97 Å². The normalized spacial score (nSPS) is 48.1. The minimum Gasteiger partial charge on any atom is -0.458 e. The molecule has 0 radical (unpaired) electrons. The van der Waals surface area contributed by atoms with E-state index in [1.807, 2.05) is 0 Å². The molecule has 5 atom stereocenters. The van der Waals surface area contributed by atoms with Gasteiger partial charge in [0.15, 0.2) is 0 Å². The largest absolute Gasteiger partial charge is 0.458 e. The van der Waals surface area contributed by atoms with E-state index in [9.17, 15) is 9.59 Å². The Labute approximate surface area is 80.7 Å². The Balaban J connectivity index is 1.78. The lowest BCUT2D eigenvalue weighted by Crippen LogP contribution is -2.41. The Morgan fingerprint density at radius 1 is 1.50 bits per heavy atom. The van der Waals surface area contributed by atoms with E-state index in [4.69, 9.17) is 9.47 Å². The fourth-order valence-corrected chi connectivity index (χ4v) is 2.53. The van der Waals surface area contributed by atoms with Crippen LogP contribution in [0.15, 0.2) is 0 Å². The topological polar surface area (TPSA) is 67.9 Å². The molecule has 0 aromatic rings. The number of hydrogen-bond acceptors (Lipinski definition) is 4. The highest BCUT2D eigenvalue weighted by Crippen LogP contribution is 2.48. The molecule has 3 aliphatic rings. The van der Waals surface area contributed by atoms with Gasteiger partial charge in [-0.15, -0.1) is 0 Å². The van der Waals surface area contributed by atoms with Gasteiger partial charge in [0.2, 0.25) is 5.91 Å². The Bertz CT molecular complexity index is 316. The summed E-state index contributed by atoms with van der Waals surface area (Å²) in [5.74, 6) is -0.381. The Morgan fingerprint density at radius 3 is 3.00 bits per heavy atom. The molecular weight excluding hydrogens is 186 g/mol. The predicted octanol–water partition coefficient (Wildman–Crippen LogP) is -0.796. The van der Waals surface area contributed by atoms with Crippen LogP contribution in [0, 0.1) is 5.92 Å². The average molecular weight is 197 g/mol. The van der Waals surface area contributed by atoms with Crippen LogP contribution in [-0.2, 0) is 19.1 Å². The van der Waals surface area contributed by atoms with E-state index in [0.717, 1.165) is 6.42 Å². The summed E-state index contributed by atoms with van der Waals surface area (Å²) in [4.78, 5) is 22.3. The highest BCUT2D eigenvalue weighted by Gasteiger charge is 2.64. The average Bonchev–Trinajstić information content (AvgIpc) is 2.70. The van der Waals surface area contributed by atoms with E-state index in [2.05, 4.69) is 5.32 Å². The Morgan fingerprint density at radius 2 is 2.29 bits per heavy atom. The van der Waals surface area contributed by atoms with Crippen molar-refractivity contribution in [3.05, 3.63) is 0 Å². The van der Waals surface area contributed by atoms with Gasteiger partial charge in [-0.1, -0.05) is 0 Å². The van der Waals surface area contributed by atoms with Crippen molar-refractivity contribution >= 4 is 11.9 Å². The lowest BCUT2D eigenvalue weighted by atomic mass is 9.98. The maximum absolute atomic E-state index is 11.4. The van der Waals surface area contributed by atoms with E-state index in [-0.39, 0.29) is 36.1 Å². The Hall–Kier alpha value is -1.10. The van der Waals surface area contributed by atoms with Crippen molar-refractivity contribution in [2.45, 2.75) is 37.7 Å². The molecule has 0 aromatic heterocycles. The summed E-state index contributed by atoms with van der Waals surface area (Å²) in [5.41, 5.74) is 0. The fourth-order valence-electron chi connectivity index (χ4n) is 2.53. The summed E-state index contributed by atoms with van der Waals surface area (Å²) in [5, 5.41) is 2.64. The van der Waals surface area contributed by atoms with Crippen LogP contribution >= 0.6 is 0 Å². The summed E-state index contributed by atoms with van der Waals surface area (Å²) < 4.78 is 10.5. The summed E-state index contributed by atoms with van der Waals surface area (Å²) >= 11 is 0. The monoisotopic (exact) mass is 197 g/mol. The van der Waals surface area contributed by atoms with Crippen molar-refractivity contribution in [3.63, 3.8) is 0 Å². The fraction of sp³-hybridized carbons (Fsp3) is 0.778. The van der Waals surface area contributed by atoms with Gasteiger partial charge in [-0.25, -0.2) is 4.79 Å². The highest BCUT2D eigenvalue weighted by molar-refractivity contribution is 5.85. The first-order valence-electron chi connectivity index (χ1n) is 4.80. The minimum atomic E-state index is -0.450. The molecule has 5 nitrogen and oxygen atoms in total. The first kappa shape index (κ1) is 8.23. The van der Waals surface area contributed by atoms with Gasteiger partial charge < -0.3 is 14.8 Å². The highest BCUT2D eigenvalue weighted by atomic mass is 16.6. The second-order valence-corrected chi connectivity index (χ2v) is 4.12. The number of fused-ring (bicyclic) bond motifs is 3. The number of carbonyl (C=O) groups is 2. The third-order valence-corrected chi connectivity index (χ3v) is 3.17.